The van der Waals surface area contributed by atoms with Crippen LogP contribution < -0.4 is 5.73 Å². The molecule has 1 aromatic heterocycles. The van der Waals surface area contributed by atoms with Gasteiger partial charge in [-0.2, -0.15) is 0 Å². The Morgan fingerprint density at radius 2 is 1.87 bits per heavy atom. The molecule has 0 fully saturated rings. The number of anilines is 1. The quantitative estimate of drug-likeness (QED) is 0.622. The van der Waals surface area contributed by atoms with Crippen molar-refractivity contribution < 1.29 is 4.79 Å². The Kier molecular flexibility index (Phi) is 4.00. The van der Waals surface area contributed by atoms with E-state index in [1.807, 2.05) is 18.2 Å². The summed E-state index contributed by atoms with van der Waals surface area (Å²) in [6.07, 6.45) is 0. The highest BCUT2D eigenvalue weighted by atomic mass is 79.9. The van der Waals surface area contributed by atoms with E-state index < -0.39 is 0 Å². The summed E-state index contributed by atoms with van der Waals surface area (Å²) in [5.41, 5.74) is 8.07. The Labute approximate surface area is 146 Å². The monoisotopic (exact) mass is 389 g/mol. The maximum atomic E-state index is 13.1. The van der Waals surface area contributed by atoms with Gasteiger partial charge in [0.05, 0.1) is 16.1 Å². The summed E-state index contributed by atoms with van der Waals surface area (Å²) < 4.78 is 2.01. The number of nitrogens with zero attached hydrogens (tertiary/aromatic N) is 1. The molecule has 0 unspecified atom stereocenters. The second kappa shape index (κ2) is 5.83. The Bertz CT molecular complexity index is 942. The average molecular weight is 391 g/mol. The molecule has 3 N–H and O–H groups in total. The standard InChI is InChI=1S/C17H13BrClN3O/c1-9(20)14-10-5-2-3-8-13(10)22(16(14)21)17(23)15-11(18)6-4-7-12(15)19/h2-8,20H,21H2,1H3. The van der Waals surface area contributed by atoms with Crippen LogP contribution in [0.1, 0.15) is 22.8 Å². The summed E-state index contributed by atoms with van der Waals surface area (Å²) in [4.78, 5) is 13.1. The first-order valence-corrected chi connectivity index (χ1v) is 8.03. The lowest BCUT2D eigenvalue weighted by atomic mass is 10.1. The fourth-order valence-corrected chi connectivity index (χ4v) is 3.59. The van der Waals surface area contributed by atoms with Crippen molar-refractivity contribution in [1.82, 2.24) is 4.57 Å². The first-order chi connectivity index (χ1) is 10.9. The molecule has 3 aromatic rings. The summed E-state index contributed by atoms with van der Waals surface area (Å²) in [7, 11) is 0. The van der Waals surface area contributed by atoms with Gasteiger partial charge in [-0.1, -0.05) is 35.9 Å². The molecule has 0 spiro atoms. The van der Waals surface area contributed by atoms with Gasteiger partial charge in [0, 0.05) is 21.1 Å². The minimum Gasteiger partial charge on any atom is -0.384 e. The highest BCUT2D eigenvalue weighted by Crippen LogP contribution is 2.32. The van der Waals surface area contributed by atoms with Crippen LogP contribution in [0.2, 0.25) is 5.02 Å². The number of carbonyl (C=O) groups is 1. The molecular weight excluding hydrogens is 378 g/mol. The zero-order valence-electron chi connectivity index (χ0n) is 12.2. The third-order valence-corrected chi connectivity index (χ3v) is 4.64. The van der Waals surface area contributed by atoms with Crippen LogP contribution in [0, 0.1) is 5.41 Å². The molecule has 0 aliphatic rings. The molecule has 0 atom stereocenters. The molecule has 0 saturated heterocycles. The lowest BCUT2D eigenvalue weighted by Crippen LogP contribution is -2.16. The molecule has 2 aromatic carbocycles. The van der Waals surface area contributed by atoms with E-state index in [9.17, 15) is 4.79 Å². The minimum absolute atomic E-state index is 0.246. The molecule has 0 radical (unpaired) electrons. The lowest BCUT2D eigenvalue weighted by Gasteiger charge is -2.10. The fourth-order valence-electron chi connectivity index (χ4n) is 2.69. The first kappa shape index (κ1) is 15.8. The summed E-state index contributed by atoms with van der Waals surface area (Å²) in [6.45, 7) is 1.65. The van der Waals surface area contributed by atoms with Crippen molar-refractivity contribution in [3.05, 3.63) is 63.1 Å². The number of aromatic nitrogens is 1. The predicted molar refractivity (Wildman–Crippen MR) is 97.7 cm³/mol. The smallest absolute Gasteiger partial charge is 0.266 e. The van der Waals surface area contributed by atoms with Gasteiger partial charge in [-0.3, -0.25) is 9.36 Å². The van der Waals surface area contributed by atoms with Gasteiger partial charge in [0.1, 0.15) is 5.82 Å². The van der Waals surface area contributed by atoms with Crippen LogP contribution in [0.25, 0.3) is 10.9 Å². The van der Waals surface area contributed by atoms with Crippen LogP contribution in [0.15, 0.2) is 46.9 Å². The summed E-state index contributed by atoms with van der Waals surface area (Å²) in [6, 6.07) is 12.5. The van der Waals surface area contributed by atoms with Crippen molar-refractivity contribution in [3.8, 4) is 0 Å². The van der Waals surface area contributed by atoms with Crippen molar-refractivity contribution in [1.29, 1.82) is 5.41 Å². The van der Waals surface area contributed by atoms with Crippen molar-refractivity contribution in [2.45, 2.75) is 6.92 Å². The molecule has 0 saturated carbocycles. The molecule has 0 aliphatic carbocycles. The van der Waals surface area contributed by atoms with E-state index in [1.165, 1.54) is 4.57 Å². The van der Waals surface area contributed by atoms with Gasteiger partial charge >= 0.3 is 0 Å². The van der Waals surface area contributed by atoms with Crippen molar-refractivity contribution in [2.24, 2.45) is 0 Å². The average Bonchev–Trinajstić information content (AvgIpc) is 2.78. The lowest BCUT2D eigenvalue weighted by molar-refractivity contribution is 0.0967. The number of nitrogens with one attached hydrogen (secondary N) is 1. The summed E-state index contributed by atoms with van der Waals surface area (Å²) >= 11 is 9.57. The molecule has 3 rings (SSSR count). The number of carbonyl (C=O) groups excluding carboxylic acids is 1. The summed E-state index contributed by atoms with van der Waals surface area (Å²) in [5.74, 6) is -0.0841. The topological polar surface area (TPSA) is 71.9 Å². The SMILES string of the molecule is CC(=N)c1c(N)n(C(=O)c2c(Cl)cccc2Br)c2ccccc12. The maximum absolute atomic E-state index is 13.1. The Morgan fingerprint density at radius 1 is 1.17 bits per heavy atom. The molecule has 0 aliphatic heterocycles. The van der Waals surface area contributed by atoms with E-state index in [0.717, 1.165) is 5.39 Å². The van der Waals surface area contributed by atoms with Crippen molar-refractivity contribution in [2.75, 3.05) is 5.73 Å². The van der Waals surface area contributed by atoms with E-state index in [2.05, 4.69) is 15.9 Å². The van der Waals surface area contributed by atoms with E-state index in [1.54, 1.807) is 31.2 Å². The van der Waals surface area contributed by atoms with Gasteiger partial charge in [-0.25, -0.2) is 0 Å². The van der Waals surface area contributed by atoms with Gasteiger partial charge in [0.2, 0.25) is 0 Å². The maximum Gasteiger partial charge on any atom is 0.266 e. The highest BCUT2D eigenvalue weighted by molar-refractivity contribution is 9.10. The van der Waals surface area contributed by atoms with Crippen LogP contribution in [0.5, 0.6) is 0 Å². The molecular formula is C17H13BrClN3O. The number of para-hydroxylation sites is 1. The van der Waals surface area contributed by atoms with E-state index in [-0.39, 0.29) is 11.7 Å². The number of fused-ring (bicyclic) bond motifs is 1. The van der Waals surface area contributed by atoms with Crippen molar-refractivity contribution in [3.63, 3.8) is 0 Å². The number of hydrogen-bond donors (Lipinski definition) is 2. The first-order valence-electron chi connectivity index (χ1n) is 6.86. The van der Waals surface area contributed by atoms with Gasteiger partial charge < -0.3 is 11.1 Å². The minimum atomic E-state index is -0.330. The van der Waals surface area contributed by atoms with E-state index >= 15 is 0 Å². The third-order valence-electron chi connectivity index (χ3n) is 3.67. The van der Waals surface area contributed by atoms with Crippen LogP contribution >= 0.6 is 27.5 Å². The third kappa shape index (κ3) is 2.46. The van der Waals surface area contributed by atoms with Crippen LogP contribution in [-0.2, 0) is 0 Å². The number of nitrogen functional groups attached to an aromatic ring is 1. The zero-order chi connectivity index (χ0) is 16.7. The highest BCUT2D eigenvalue weighted by Gasteiger charge is 2.24. The molecule has 116 valence electrons. The van der Waals surface area contributed by atoms with Gasteiger partial charge in [0.15, 0.2) is 0 Å². The molecule has 0 bridgehead atoms. The molecule has 23 heavy (non-hydrogen) atoms. The van der Waals surface area contributed by atoms with Crippen LogP contribution in [-0.4, -0.2) is 16.2 Å². The normalized spacial score (nSPS) is 10.9. The van der Waals surface area contributed by atoms with Crippen molar-refractivity contribution >= 4 is 55.9 Å². The Morgan fingerprint density at radius 3 is 2.52 bits per heavy atom. The van der Waals surface area contributed by atoms with Crippen LogP contribution in [0.4, 0.5) is 5.82 Å². The summed E-state index contributed by atoms with van der Waals surface area (Å²) in [5, 5.41) is 9.08. The fraction of sp³-hybridized carbons (Fsp3) is 0.0588. The molecule has 0 amide bonds. The van der Waals surface area contributed by atoms with Gasteiger partial charge in [-0.05, 0) is 41.1 Å². The molecule has 4 nitrogen and oxygen atoms in total. The largest absolute Gasteiger partial charge is 0.384 e. The zero-order valence-corrected chi connectivity index (χ0v) is 14.6. The number of nitrogens with two attached hydrogens (primary N) is 1. The second-order valence-electron chi connectivity index (χ2n) is 5.14. The number of hydrogen-bond acceptors (Lipinski definition) is 3. The van der Waals surface area contributed by atoms with Gasteiger partial charge in [-0.15, -0.1) is 0 Å². The number of rotatable bonds is 2. The van der Waals surface area contributed by atoms with Gasteiger partial charge in [0.25, 0.3) is 5.91 Å². The Hall–Kier alpha value is -2.11. The predicted octanol–water partition coefficient (Wildman–Crippen LogP) is 4.72. The number of benzene rings is 2. The number of halogens is 2. The van der Waals surface area contributed by atoms with E-state index in [0.29, 0.717) is 31.9 Å². The molecule has 6 heteroatoms. The molecule has 1 heterocycles. The second-order valence-corrected chi connectivity index (χ2v) is 6.40. The van der Waals surface area contributed by atoms with E-state index in [4.69, 9.17) is 22.7 Å². The Balaban J connectivity index is 2.35. The van der Waals surface area contributed by atoms with Crippen LogP contribution in [0.3, 0.4) is 0 Å².